The summed E-state index contributed by atoms with van der Waals surface area (Å²) < 4.78 is 4.72. The Morgan fingerprint density at radius 2 is 1.58 bits per heavy atom. The zero-order valence-corrected chi connectivity index (χ0v) is 23.7. The number of hydrogen-bond donors (Lipinski definition) is 0. The van der Waals surface area contributed by atoms with E-state index in [0.717, 1.165) is 16.6 Å². The molecule has 0 spiro atoms. The summed E-state index contributed by atoms with van der Waals surface area (Å²) >= 11 is 27.7. The summed E-state index contributed by atoms with van der Waals surface area (Å²) in [5.41, 5.74) is 3.54. The number of carbonyl (C=O) groups is 2. The third-order valence-corrected chi connectivity index (χ3v) is 7.44. The van der Waals surface area contributed by atoms with Gasteiger partial charge in [-0.25, -0.2) is 9.78 Å². The van der Waals surface area contributed by atoms with Crippen molar-refractivity contribution in [2.45, 2.75) is 18.8 Å². The predicted octanol–water partition coefficient (Wildman–Crippen LogP) is 7.74. The van der Waals surface area contributed by atoms with Gasteiger partial charge in [-0.3, -0.25) is 9.78 Å². The van der Waals surface area contributed by atoms with Crippen LogP contribution in [0.4, 0.5) is 0 Å². The van der Waals surface area contributed by atoms with Crippen LogP contribution >= 0.6 is 62.3 Å². The lowest BCUT2D eigenvalue weighted by Gasteiger charge is -2.10. The molecule has 11 heteroatoms. The van der Waals surface area contributed by atoms with Crippen LogP contribution in [0.25, 0.3) is 21.8 Å². The number of pyridine rings is 2. The van der Waals surface area contributed by atoms with Crippen LogP contribution < -0.4 is 0 Å². The smallest absolute Gasteiger partial charge is 0.341 e. The van der Waals surface area contributed by atoms with Crippen LogP contribution in [0.5, 0.6) is 0 Å². The molecule has 1 amide bonds. The molecule has 2 aromatic carbocycles. The van der Waals surface area contributed by atoms with E-state index in [1.165, 1.54) is 7.11 Å². The fourth-order valence-corrected chi connectivity index (χ4v) is 5.32. The lowest BCUT2D eigenvalue weighted by Crippen LogP contribution is -2.23. The molecule has 0 saturated carbocycles. The predicted molar refractivity (Wildman–Crippen MR) is 148 cm³/mol. The van der Waals surface area contributed by atoms with Crippen LogP contribution in [0.1, 0.15) is 39.0 Å². The maximum Gasteiger partial charge on any atom is 0.341 e. The topological polar surface area (TPSA) is 72.4 Å². The fourth-order valence-electron chi connectivity index (χ4n) is 3.89. The molecule has 0 atom stereocenters. The van der Waals surface area contributed by atoms with Crippen molar-refractivity contribution in [3.05, 3.63) is 79.0 Å². The van der Waals surface area contributed by atoms with Crippen molar-refractivity contribution in [3.8, 4) is 0 Å². The van der Waals surface area contributed by atoms with Crippen molar-refractivity contribution in [1.82, 2.24) is 14.9 Å². The van der Waals surface area contributed by atoms with Crippen LogP contribution in [0, 0.1) is 0 Å². The molecule has 1 aliphatic heterocycles. The number of hydrogen-bond acceptors (Lipinski definition) is 5. The number of halogens is 5. The molecule has 0 fully saturated rings. The van der Waals surface area contributed by atoms with Gasteiger partial charge in [0, 0.05) is 32.7 Å². The van der Waals surface area contributed by atoms with E-state index in [1.807, 2.05) is 13.0 Å². The summed E-state index contributed by atoms with van der Waals surface area (Å²) in [7, 11) is 1.30. The Kier molecular flexibility index (Phi) is 8.27. The molecule has 36 heavy (non-hydrogen) atoms. The molecule has 186 valence electrons. The van der Waals surface area contributed by atoms with E-state index >= 15 is 0 Å². The average Bonchev–Trinajstić information content (AvgIpc) is 3.20. The molecular weight excluding hydrogens is 612 g/mol. The highest BCUT2D eigenvalue weighted by Crippen LogP contribution is 2.35. The monoisotopic (exact) mass is 627 g/mol. The molecule has 3 heterocycles. The maximum atomic E-state index is 12.1. The number of aromatic nitrogens is 2. The van der Waals surface area contributed by atoms with Gasteiger partial charge in [0.1, 0.15) is 5.56 Å². The Bertz CT molecular complexity index is 1530. The van der Waals surface area contributed by atoms with Gasteiger partial charge in [-0.05, 0) is 43.3 Å². The number of methoxy groups -OCH3 is 1. The standard InChI is InChI=1S/C13H10Cl2N2O.C12H8BrCl2NO2/c1-2-17-6-10-11(13(17)18)12(15)8-5-7(14)3-4-9(8)16-10;1-18-12(17)10-9(5-13)16-8-3-2-6(14)4-7(8)11(10)15/h3-5H,2,6H2,1H3;2-4H,5H2,1H3. The first-order valence-corrected chi connectivity index (χ1v) is 13.3. The Morgan fingerprint density at radius 1 is 1.00 bits per heavy atom. The minimum Gasteiger partial charge on any atom is -0.465 e. The van der Waals surface area contributed by atoms with Gasteiger partial charge in [0.25, 0.3) is 5.91 Å². The molecule has 0 radical (unpaired) electrons. The van der Waals surface area contributed by atoms with Crippen molar-refractivity contribution in [1.29, 1.82) is 0 Å². The molecule has 0 N–H and O–H groups in total. The number of carbonyl (C=O) groups excluding carboxylic acids is 2. The largest absolute Gasteiger partial charge is 0.465 e. The van der Waals surface area contributed by atoms with E-state index in [1.54, 1.807) is 35.2 Å². The minimum absolute atomic E-state index is 0.0492. The lowest BCUT2D eigenvalue weighted by molar-refractivity contribution is 0.0599. The third kappa shape index (κ3) is 5.00. The highest BCUT2D eigenvalue weighted by molar-refractivity contribution is 9.08. The average molecular weight is 630 g/mol. The van der Waals surface area contributed by atoms with Crippen molar-refractivity contribution in [3.63, 3.8) is 0 Å². The normalized spacial score (nSPS) is 12.5. The Morgan fingerprint density at radius 3 is 2.14 bits per heavy atom. The molecule has 0 unspecified atom stereocenters. The van der Waals surface area contributed by atoms with Crippen molar-refractivity contribution >= 4 is 96.0 Å². The first-order valence-electron chi connectivity index (χ1n) is 10.7. The van der Waals surface area contributed by atoms with Crippen LogP contribution in [-0.4, -0.2) is 40.4 Å². The Balaban J connectivity index is 0.000000169. The second-order valence-electron chi connectivity index (χ2n) is 7.76. The van der Waals surface area contributed by atoms with Gasteiger partial charge in [0.05, 0.1) is 51.7 Å². The lowest BCUT2D eigenvalue weighted by atomic mass is 10.1. The Hall–Kier alpha value is -2.16. The highest BCUT2D eigenvalue weighted by atomic mass is 79.9. The molecule has 5 rings (SSSR count). The van der Waals surface area contributed by atoms with Gasteiger partial charge in [-0.2, -0.15) is 0 Å². The zero-order valence-electron chi connectivity index (χ0n) is 19.0. The van der Waals surface area contributed by atoms with Crippen molar-refractivity contribution in [2.75, 3.05) is 13.7 Å². The molecule has 4 aromatic rings. The van der Waals surface area contributed by atoms with Crippen LogP contribution in [0.3, 0.4) is 0 Å². The number of ether oxygens (including phenoxy) is 1. The number of fused-ring (bicyclic) bond motifs is 3. The van der Waals surface area contributed by atoms with Gasteiger partial charge < -0.3 is 9.64 Å². The first-order chi connectivity index (χ1) is 17.2. The van der Waals surface area contributed by atoms with Gasteiger partial charge >= 0.3 is 5.97 Å². The summed E-state index contributed by atoms with van der Waals surface area (Å²) in [4.78, 5) is 34.5. The van der Waals surface area contributed by atoms with Crippen molar-refractivity contribution < 1.29 is 14.3 Å². The number of alkyl halides is 1. The first kappa shape index (κ1) is 26.9. The molecule has 0 saturated heterocycles. The molecule has 6 nitrogen and oxygen atoms in total. The van der Waals surface area contributed by atoms with E-state index in [9.17, 15) is 9.59 Å². The molecule has 0 bridgehead atoms. The second kappa shape index (κ2) is 11.1. The summed E-state index contributed by atoms with van der Waals surface area (Å²) in [6.07, 6.45) is 0. The van der Waals surface area contributed by atoms with Crippen LogP contribution in [0.2, 0.25) is 20.1 Å². The van der Waals surface area contributed by atoms with E-state index in [0.29, 0.717) is 60.7 Å². The van der Waals surface area contributed by atoms with Gasteiger partial charge in [0.15, 0.2) is 0 Å². The van der Waals surface area contributed by atoms with Crippen molar-refractivity contribution in [2.24, 2.45) is 0 Å². The number of benzene rings is 2. The van der Waals surface area contributed by atoms with Gasteiger partial charge in [-0.1, -0.05) is 62.3 Å². The quantitative estimate of drug-likeness (QED) is 0.171. The SMILES string of the molecule is CCN1Cc2nc3ccc(Cl)cc3c(Cl)c2C1=O.COC(=O)c1c(CBr)nc2ccc(Cl)cc2c1Cl. The van der Waals surface area contributed by atoms with E-state index < -0.39 is 5.97 Å². The second-order valence-corrected chi connectivity index (χ2v) is 9.95. The summed E-state index contributed by atoms with van der Waals surface area (Å²) in [6, 6.07) is 10.5. The summed E-state index contributed by atoms with van der Waals surface area (Å²) in [5, 5.41) is 3.67. The molecule has 1 aliphatic rings. The number of esters is 1. The number of amides is 1. The molecule has 0 aliphatic carbocycles. The fraction of sp³-hybridized carbons (Fsp3) is 0.200. The summed E-state index contributed by atoms with van der Waals surface area (Å²) in [5.74, 6) is -0.560. The van der Waals surface area contributed by atoms with E-state index in [4.69, 9.17) is 51.1 Å². The van der Waals surface area contributed by atoms with E-state index in [-0.39, 0.29) is 11.5 Å². The summed E-state index contributed by atoms with van der Waals surface area (Å²) in [6.45, 7) is 3.12. The van der Waals surface area contributed by atoms with Gasteiger partial charge in [-0.15, -0.1) is 0 Å². The van der Waals surface area contributed by atoms with E-state index in [2.05, 4.69) is 25.9 Å². The van der Waals surface area contributed by atoms with Gasteiger partial charge in [0.2, 0.25) is 0 Å². The Labute approximate surface area is 235 Å². The number of rotatable bonds is 3. The highest BCUT2D eigenvalue weighted by Gasteiger charge is 2.31. The van der Waals surface area contributed by atoms with Crippen LogP contribution in [-0.2, 0) is 16.6 Å². The maximum absolute atomic E-state index is 12.1. The molecule has 2 aromatic heterocycles. The third-order valence-electron chi connectivity index (χ3n) is 5.66. The van der Waals surface area contributed by atoms with Crippen LogP contribution in [0.15, 0.2) is 36.4 Å². The number of nitrogens with zero attached hydrogens (tertiary/aromatic N) is 3. The molecular formula is C25H18BrCl4N3O3. The zero-order chi connectivity index (χ0) is 26.1. The minimum atomic E-state index is -0.510.